The number of carbonyl (C=O) groups excluding carboxylic acids is 2. The minimum absolute atomic E-state index is 0.191. The molecule has 0 radical (unpaired) electrons. The third-order valence-corrected chi connectivity index (χ3v) is 9.17. The highest BCUT2D eigenvalue weighted by atomic mass is 32.1. The summed E-state index contributed by atoms with van der Waals surface area (Å²) in [6.45, 7) is 8.92. The van der Waals surface area contributed by atoms with E-state index in [1.165, 1.54) is 15.8 Å². The van der Waals surface area contributed by atoms with E-state index in [1.54, 1.807) is 11.3 Å². The van der Waals surface area contributed by atoms with Gasteiger partial charge >= 0.3 is 11.9 Å². The van der Waals surface area contributed by atoms with Crippen LogP contribution >= 0.6 is 11.3 Å². The second-order valence-corrected chi connectivity index (χ2v) is 12.8. The Kier molecular flexibility index (Phi) is 17.1. The minimum atomic E-state index is -0.387. The summed E-state index contributed by atoms with van der Waals surface area (Å²) in [5, 5.41) is 1.13. The van der Waals surface area contributed by atoms with Gasteiger partial charge in [0.1, 0.15) is 6.61 Å². The maximum Gasteiger partial charge on any atom is 0.309 e. The fourth-order valence-electron chi connectivity index (χ4n) is 5.48. The molecule has 6 heteroatoms. The molecule has 0 saturated heterocycles. The maximum atomic E-state index is 13.5. The van der Waals surface area contributed by atoms with Crippen LogP contribution in [-0.4, -0.2) is 23.5 Å². The van der Waals surface area contributed by atoms with Gasteiger partial charge in [0, 0.05) is 0 Å². The van der Waals surface area contributed by atoms with Crippen LogP contribution in [0.3, 0.4) is 0 Å². The number of aryl methyl sites for hydroxylation is 3. The predicted molar refractivity (Wildman–Crippen MR) is 191 cm³/mol. The van der Waals surface area contributed by atoms with Gasteiger partial charge in [-0.25, -0.2) is 4.98 Å². The van der Waals surface area contributed by atoms with E-state index in [-0.39, 0.29) is 30.4 Å². The van der Waals surface area contributed by atoms with Crippen molar-refractivity contribution < 1.29 is 19.1 Å². The number of fused-ring (bicyclic) bond motifs is 1. The van der Waals surface area contributed by atoms with Gasteiger partial charge in [-0.3, -0.25) is 9.59 Å². The van der Waals surface area contributed by atoms with Crippen molar-refractivity contribution in [3.05, 3.63) is 101 Å². The smallest absolute Gasteiger partial charge is 0.309 e. The SMILES string of the molecule is CC.CCCCOC(=O)C(CCCCc1nc2ccccc2s1)C[C@@H](CCc1ccc(CCC)cc1)C(=O)OCc1ccccc1. The van der Waals surface area contributed by atoms with Crippen LogP contribution in [0.2, 0.25) is 0 Å². The number of hydrogen-bond donors (Lipinski definition) is 0. The largest absolute Gasteiger partial charge is 0.465 e. The summed E-state index contributed by atoms with van der Waals surface area (Å²) in [5.41, 5.74) is 4.53. The molecule has 1 unspecified atom stereocenters. The highest BCUT2D eigenvalue weighted by Gasteiger charge is 2.29. The molecule has 1 heterocycles. The van der Waals surface area contributed by atoms with Crippen molar-refractivity contribution in [3.63, 3.8) is 0 Å². The van der Waals surface area contributed by atoms with E-state index in [4.69, 9.17) is 14.5 Å². The lowest BCUT2D eigenvalue weighted by Gasteiger charge is -2.22. The van der Waals surface area contributed by atoms with Crippen molar-refractivity contribution in [1.82, 2.24) is 4.98 Å². The lowest BCUT2D eigenvalue weighted by atomic mass is 9.86. The second kappa shape index (κ2) is 21.3. The number of para-hydroxylation sites is 1. The average molecular weight is 644 g/mol. The van der Waals surface area contributed by atoms with Gasteiger partial charge < -0.3 is 9.47 Å². The van der Waals surface area contributed by atoms with E-state index in [2.05, 4.69) is 44.2 Å². The first-order valence-electron chi connectivity index (χ1n) is 17.3. The summed E-state index contributed by atoms with van der Waals surface area (Å²) in [5.74, 6) is -1.16. The molecule has 46 heavy (non-hydrogen) atoms. The van der Waals surface area contributed by atoms with Crippen molar-refractivity contribution in [2.24, 2.45) is 11.8 Å². The van der Waals surface area contributed by atoms with Gasteiger partial charge in [0.15, 0.2) is 0 Å². The Labute approximate surface area is 280 Å². The Balaban J connectivity index is 0.00000282. The number of aromatic nitrogens is 1. The molecule has 2 atom stereocenters. The van der Waals surface area contributed by atoms with Crippen LogP contribution in [0.4, 0.5) is 0 Å². The van der Waals surface area contributed by atoms with Gasteiger partial charge in [0.2, 0.25) is 0 Å². The molecular weight excluding hydrogens is 591 g/mol. The molecule has 0 fully saturated rings. The van der Waals surface area contributed by atoms with Crippen LogP contribution in [0.25, 0.3) is 10.2 Å². The number of unbranched alkanes of at least 4 members (excludes halogenated alkanes) is 2. The van der Waals surface area contributed by atoms with Gasteiger partial charge in [-0.2, -0.15) is 0 Å². The molecule has 0 spiro atoms. The lowest BCUT2D eigenvalue weighted by molar-refractivity contribution is -0.154. The van der Waals surface area contributed by atoms with Gasteiger partial charge in [-0.05, 0) is 80.2 Å². The van der Waals surface area contributed by atoms with E-state index < -0.39 is 0 Å². The zero-order chi connectivity index (χ0) is 33.0. The molecule has 0 aliphatic rings. The Morgan fingerprint density at radius 2 is 1.33 bits per heavy atom. The number of thiazole rings is 1. The molecule has 4 aromatic rings. The molecule has 4 rings (SSSR count). The second-order valence-electron chi connectivity index (χ2n) is 11.7. The Morgan fingerprint density at radius 1 is 0.674 bits per heavy atom. The van der Waals surface area contributed by atoms with E-state index in [9.17, 15) is 9.59 Å². The quantitative estimate of drug-likeness (QED) is 0.0751. The number of hydrogen-bond acceptors (Lipinski definition) is 6. The summed E-state index contributed by atoms with van der Waals surface area (Å²) in [6.07, 6.45) is 9.18. The summed E-state index contributed by atoms with van der Waals surface area (Å²) >= 11 is 1.74. The maximum absolute atomic E-state index is 13.5. The minimum Gasteiger partial charge on any atom is -0.465 e. The first-order valence-corrected chi connectivity index (χ1v) is 18.2. The molecule has 1 aromatic heterocycles. The van der Waals surface area contributed by atoms with Gasteiger partial charge in [-0.15, -0.1) is 11.3 Å². The van der Waals surface area contributed by atoms with Crippen molar-refractivity contribution >= 4 is 33.5 Å². The Morgan fingerprint density at radius 3 is 2.02 bits per heavy atom. The van der Waals surface area contributed by atoms with Crippen molar-refractivity contribution in [3.8, 4) is 0 Å². The third-order valence-electron chi connectivity index (χ3n) is 8.08. The molecule has 0 bridgehead atoms. The molecular formula is C40H53NO4S. The van der Waals surface area contributed by atoms with Crippen LogP contribution < -0.4 is 0 Å². The van der Waals surface area contributed by atoms with Crippen LogP contribution in [0.1, 0.15) is 101 Å². The van der Waals surface area contributed by atoms with Gasteiger partial charge in [0.05, 0.1) is 33.7 Å². The first kappa shape index (κ1) is 37.0. The summed E-state index contributed by atoms with van der Waals surface area (Å²) in [7, 11) is 0. The molecule has 0 saturated carbocycles. The number of benzene rings is 3. The highest BCUT2D eigenvalue weighted by Crippen LogP contribution is 2.27. The average Bonchev–Trinajstić information content (AvgIpc) is 3.51. The fraction of sp³-hybridized carbons (Fsp3) is 0.475. The molecule has 0 aliphatic heterocycles. The van der Waals surface area contributed by atoms with Crippen LogP contribution in [0.5, 0.6) is 0 Å². The van der Waals surface area contributed by atoms with Gasteiger partial charge in [0.25, 0.3) is 0 Å². The molecule has 3 aromatic carbocycles. The highest BCUT2D eigenvalue weighted by molar-refractivity contribution is 7.18. The van der Waals surface area contributed by atoms with E-state index in [0.29, 0.717) is 25.9 Å². The topological polar surface area (TPSA) is 65.5 Å². The Hall–Kier alpha value is -3.51. The normalized spacial score (nSPS) is 12.2. The Bertz CT molecular complexity index is 1380. The summed E-state index contributed by atoms with van der Waals surface area (Å²) in [6, 6.07) is 26.7. The number of nitrogens with zero attached hydrogens (tertiary/aromatic N) is 1. The standard InChI is InChI=1S/C38H47NO4S.C2H6/c1-3-5-26-42-37(40)32(16-9-12-19-36-39-34-17-10-11-18-35(34)44-36)27-33(38(41)43-28-31-14-7-6-8-15-31)25-24-30-22-20-29(13-4-2)21-23-30;1-2/h6-8,10-11,14-15,17-18,20-23,32-33H,3-5,9,12-13,16,19,24-28H2,1-2H3;1-2H3/t32?,33-;/m1./s1. The number of carbonyl (C=O) groups is 2. The van der Waals surface area contributed by atoms with Gasteiger partial charge in [-0.1, -0.05) is 114 Å². The first-order chi connectivity index (χ1) is 22.6. The zero-order valence-electron chi connectivity index (χ0n) is 28.3. The van der Waals surface area contributed by atoms with Crippen LogP contribution in [-0.2, 0) is 44.9 Å². The fourth-order valence-corrected chi connectivity index (χ4v) is 6.49. The molecule has 0 aliphatic carbocycles. The monoisotopic (exact) mass is 643 g/mol. The molecule has 0 amide bonds. The molecule has 5 nitrogen and oxygen atoms in total. The van der Waals surface area contributed by atoms with E-state index in [0.717, 1.165) is 67.5 Å². The van der Waals surface area contributed by atoms with E-state index in [1.807, 2.05) is 62.4 Å². The van der Waals surface area contributed by atoms with Crippen LogP contribution in [0.15, 0.2) is 78.9 Å². The number of ether oxygens (including phenoxy) is 2. The van der Waals surface area contributed by atoms with Crippen molar-refractivity contribution in [2.45, 2.75) is 105 Å². The predicted octanol–water partition coefficient (Wildman–Crippen LogP) is 10.3. The molecule has 248 valence electrons. The molecule has 0 N–H and O–H groups in total. The lowest BCUT2D eigenvalue weighted by Crippen LogP contribution is -2.27. The van der Waals surface area contributed by atoms with Crippen LogP contribution in [0, 0.1) is 11.8 Å². The van der Waals surface area contributed by atoms with E-state index >= 15 is 0 Å². The van der Waals surface area contributed by atoms with Crippen molar-refractivity contribution in [2.75, 3.05) is 6.61 Å². The summed E-state index contributed by atoms with van der Waals surface area (Å²) < 4.78 is 12.7. The van der Waals surface area contributed by atoms with Crippen molar-refractivity contribution in [1.29, 1.82) is 0 Å². The number of esters is 2. The number of rotatable bonds is 19. The third kappa shape index (κ3) is 12.7. The zero-order valence-corrected chi connectivity index (χ0v) is 29.2. The summed E-state index contributed by atoms with van der Waals surface area (Å²) in [4.78, 5) is 31.6.